The molecular formula is C15H16BNO5. The van der Waals surface area contributed by atoms with Gasteiger partial charge in [-0.3, -0.25) is 4.79 Å². The van der Waals surface area contributed by atoms with E-state index >= 15 is 0 Å². The molecule has 6 nitrogen and oxygen atoms in total. The number of benzene rings is 1. The van der Waals surface area contributed by atoms with Crippen LogP contribution in [-0.2, 0) is 16.0 Å². The van der Waals surface area contributed by atoms with Crippen LogP contribution in [0.25, 0.3) is 0 Å². The molecule has 0 unspecified atom stereocenters. The number of rotatable bonds is 5. The Balaban J connectivity index is 2.15. The Morgan fingerprint density at radius 2 is 2.32 bits per heavy atom. The number of Topliss-reactive ketones (excluding diaryl/α,β-unsaturated/α-hetero) is 1. The summed E-state index contributed by atoms with van der Waals surface area (Å²) in [5, 5.41) is 18.6. The van der Waals surface area contributed by atoms with Crippen molar-refractivity contribution in [2.24, 2.45) is 0 Å². The molecule has 0 saturated heterocycles. The van der Waals surface area contributed by atoms with Crippen LogP contribution in [0.15, 0.2) is 18.2 Å². The van der Waals surface area contributed by atoms with Crippen molar-refractivity contribution in [2.45, 2.75) is 31.5 Å². The minimum atomic E-state index is -1.16. The number of ether oxygens (including phenoxy) is 1. The molecule has 1 atom stereocenters. The minimum absolute atomic E-state index is 0.0817. The van der Waals surface area contributed by atoms with Gasteiger partial charge in [0, 0.05) is 25.1 Å². The number of carbonyl (C=O) groups excluding carboxylic acids is 2. The normalized spacial score (nSPS) is 16.2. The predicted molar refractivity (Wildman–Crippen MR) is 78.3 cm³/mol. The van der Waals surface area contributed by atoms with Crippen LogP contribution in [0.5, 0.6) is 5.75 Å². The van der Waals surface area contributed by atoms with Crippen molar-refractivity contribution in [3.8, 4) is 11.8 Å². The molecule has 0 fully saturated rings. The zero-order valence-electron chi connectivity index (χ0n) is 12.2. The lowest BCUT2D eigenvalue weighted by molar-refractivity contribution is -0.119. The number of hydrogen-bond donors (Lipinski definition) is 1. The van der Waals surface area contributed by atoms with Gasteiger partial charge < -0.3 is 14.4 Å². The number of ketones is 1. The molecule has 1 N–H and O–H groups in total. The first kappa shape index (κ1) is 16.1. The lowest BCUT2D eigenvalue weighted by Gasteiger charge is -2.28. The van der Waals surface area contributed by atoms with Crippen molar-refractivity contribution >= 4 is 18.9 Å². The summed E-state index contributed by atoms with van der Waals surface area (Å²) < 4.78 is 10.1. The highest BCUT2D eigenvalue weighted by atomic mass is 16.5. The van der Waals surface area contributed by atoms with E-state index in [-0.39, 0.29) is 36.4 Å². The summed E-state index contributed by atoms with van der Waals surface area (Å²) in [6.45, 7) is 0. The van der Waals surface area contributed by atoms with Gasteiger partial charge in [-0.1, -0.05) is 12.1 Å². The van der Waals surface area contributed by atoms with Crippen molar-refractivity contribution < 1.29 is 24.0 Å². The SMILES string of the molecule is COC(=O)c1cccc2c1OB(O)[C@@H](CC(=O)CCC#N)C2. The Hall–Kier alpha value is -2.33. The van der Waals surface area contributed by atoms with Gasteiger partial charge >= 0.3 is 13.1 Å². The molecule has 0 aromatic heterocycles. The predicted octanol–water partition coefficient (Wildman–Crippen LogP) is 1.52. The first-order chi connectivity index (χ1) is 10.6. The largest absolute Gasteiger partial charge is 0.535 e. The number of nitriles is 1. The van der Waals surface area contributed by atoms with Crippen molar-refractivity contribution in [3.05, 3.63) is 29.3 Å². The summed E-state index contributed by atoms with van der Waals surface area (Å²) in [7, 11) is 0.113. The molecule has 2 rings (SSSR count). The molecule has 0 bridgehead atoms. The average molecular weight is 301 g/mol. The number of fused-ring (bicyclic) bond motifs is 1. The fourth-order valence-corrected chi connectivity index (χ4v) is 2.52. The summed E-state index contributed by atoms with van der Waals surface area (Å²) >= 11 is 0. The molecule has 1 heterocycles. The number of nitrogens with zero attached hydrogens (tertiary/aromatic N) is 1. The van der Waals surface area contributed by atoms with Gasteiger partial charge in [-0.25, -0.2) is 4.79 Å². The molecular weight excluding hydrogens is 285 g/mol. The second kappa shape index (κ2) is 7.10. The third-order valence-electron chi connectivity index (χ3n) is 3.63. The standard InChI is InChI=1S/C15H16BNO5/c1-21-15(19)13-6-2-4-10-8-11(16(20)22-14(10)13)9-12(18)5-3-7-17/h2,4,6,11,20H,3,5,8-9H2,1H3/t11-/m1/s1. The highest BCUT2D eigenvalue weighted by Gasteiger charge is 2.37. The van der Waals surface area contributed by atoms with Crippen LogP contribution in [-0.4, -0.2) is 31.0 Å². The smallest absolute Gasteiger partial charge is 0.526 e. The molecule has 0 spiro atoms. The number of carbonyl (C=O) groups is 2. The summed E-state index contributed by atoms with van der Waals surface area (Å²) in [6.07, 6.45) is 0.921. The minimum Gasteiger partial charge on any atom is -0.535 e. The van der Waals surface area contributed by atoms with Crippen LogP contribution in [0.3, 0.4) is 0 Å². The van der Waals surface area contributed by atoms with E-state index in [1.807, 2.05) is 6.07 Å². The molecule has 114 valence electrons. The molecule has 1 aliphatic rings. The Morgan fingerprint density at radius 1 is 1.55 bits per heavy atom. The van der Waals surface area contributed by atoms with Crippen molar-refractivity contribution in [2.75, 3.05) is 7.11 Å². The number of hydrogen-bond acceptors (Lipinski definition) is 6. The molecule has 7 heteroatoms. The third-order valence-corrected chi connectivity index (χ3v) is 3.63. The molecule has 22 heavy (non-hydrogen) atoms. The second-order valence-electron chi connectivity index (χ2n) is 5.16. The monoisotopic (exact) mass is 301 g/mol. The highest BCUT2D eigenvalue weighted by Crippen LogP contribution is 2.36. The average Bonchev–Trinajstić information content (AvgIpc) is 2.52. The Kier molecular flexibility index (Phi) is 5.18. The molecule has 0 aliphatic carbocycles. The maximum atomic E-state index is 11.8. The van der Waals surface area contributed by atoms with Crippen LogP contribution >= 0.6 is 0 Å². The maximum absolute atomic E-state index is 11.8. The Morgan fingerprint density at radius 3 is 3.00 bits per heavy atom. The van der Waals surface area contributed by atoms with Gasteiger partial charge in [-0.05, 0) is 18.1 Å². The number of esters is 1. The van der Waals surface area contributed by atoms with E-state index < -0.39 is 13.1 Å². The van der Waals surface area contributed by atoms with Gasteiger partial charge in [0.1, 0.15) is 17.1 Å². The van der Waals surface area contributed by atoms with E-state index in [9.17, 15) is 14.6 Å². The van der Waals surface area contributed by atoms with Gasteiger partial charge in [-0.2, -0.15) is 5.26 Å². The van der Waals surface area contributed by atoms with Crippen molar-refractivity contribution in [1.82, 2.24) is 0 Å². The zero-order valence-corrected chi connectivity index (χ0v) is 12.2. The summed E-state index contributed by atoms with van der Waals surface area (Å²) in [4.78, 5) is 23.5. The van der Waals surface area contributed by atoms with Crippen LogP contribution in [0, 0.1) is 11.3 Å². The van der Waals surface area contributed by atoms with Crippen LogP contribution in [0.1, 0.15) is 35.2 Å². The van der Waals surface area contributed by atoms with E-state index in [4.69, 9.17) is 9.92 Å². The van der Waals surface area contributed by atoms with Crippen molar-refractivity contribution in [1.29, 1.82) is 5.26 Å². The Bertz CT molecular complexity index is 625. The first-order valence-electron chi connectivity index (χ1n) is 7.00. The van der Waals surface area contributed by atoms with Crippen LogP contribution in [0.4, 0.5) is 0 Å². The van der Waals surface area contributed by atoms with E-state index in [1.54, 1.807) is 18.2 Å². The third kappa shape index (κ3) is 3.46. The van der Waals surface area contributed by atoms with Crippen molar-refractivity contribution in [3.63, 3.8) is 0 Å². The van der Waals surface area contributed by atoms with Gasteiger partial charge in [-0.15, -0.1) is 0 Å². The van der Waals surface area contributed by atoms with Gasteiger partial charge in [0.05, 0.1) is 13.2 Å². The molecule has 1 aliphatic heterocycles. The molecule has 0 saturated carbocycles. The lowest BCUT2D eigenvalue weighted by Crippen LogP contribution is -2.35. The zero-order chi connectivity index (χ0) is 16.1. The van der Waals surface area contributed by atoms with Crippen LogP contribution < -0.4 is 4.65 Å². The van der Waals surface area contributed by atoms with Gasteiger partial charge in [0.2, 0.25) is 0 Å². The summed E-state index contributed by atoms with van der Waals surface area (Å²) in [6, 6.07) is 6.99. The van der Waals surface area contributed by atoms with Gasteiger partial charge in [0.25, 0.3) is 0 Å². The summed E-state index contributed by atoms with van der Waals surface area (Å²) in [5.41, 5.74) is 1.01. The maximum Gasteiger partial charge on any atom is 0.526 e. The molecule has 1 aromatic rings. The number of methoxy groups -OCH3 is 1. The van der Waals surface area contributed by atoms with Crippen LogP contribution in [0.2, 0.25) is 5.82 Å². The Labute approximate surface area is 128 Å². The molecule has 1 aromatic carbocycles. The first-order valence-corrected chi connectivity index (χ1v) is 7.00. The fraction of sp³-hybridized carbons (Fsp3) is 0.400. The number of para-hydroxylation sites is 1. The van der Waals surface area contributed by atoms with E-state index in [1.165, 1.54) is 7.11 Å². The summed E-state index contributed by atoms with van der Waals surface area (Å²) in [5.74, 6) is -0.691. The van der Waals surface area contributed by atoms with Gasteiger partial charge in [0.15, 0.2) is 0 Å². The fourth-order valence-electron chi connectivity index (χ4n) is 2.52. The molecule has 0 amide bonds. The van der Waals surface area contributed by atoms with E-state index in [2.05, 4.69) is 4.74 Å². The lowest BCUT2D eigenvalue weighted by atomic mass is 9.64. The highest BCUT2D eigenvalue weighted by molar-refractivity contribution is 6.47. The second-order valence-corrected chi connectivity index (χ2v) is 5.16. The topological polar surface area (TPSA) is 96.6 Å². The van der Waals surface area contributed by atoms with E-state index in [0.717, 1.165) is 5.56 Å². The van der Waals surface area contributed by atoms with E-state index in [0.29, 0.717) is 12.2 Å². The quantitative estimate of drug-likeness (QED) is 0.654. The molecule has 0 radical (unpaired) electrons.